The summed E-state index contributed by atoms with van der Waals surface area (Å²) < 4.78 is 40.8. The van der Waals surface area contributed by atoms with Crippen LogP contribution in [0.5, 0.6) is 0 Å². The molecule has 9 heteroatoms. The number of amides is 1. The molecule has 0 unspecified atom stereocenters. The van der Waals surface area contributed by atoms with Crippen molar-refractivity contribution in [3.05, 3.63) is 76.0 Å². The summed E-state index contributed by atoms with van der Waals surface area (Å²) in [7, 11) is -3.93. The average molecular weight is 446 g/mol. The van der Waals surface area contributed by atoms with E-state index in [1.54, 1.807) is 23.6 Å². The van der Waals surface area contributed by atoms with Gasteiger partial charge in [-0.3, -0.25) is 9.52 Å². The smallest absolute Gasteiger partial charge is 0.261 e. The van der Waals surface area contributed by atoms with Crippen LogP contribution in [0.2, 0.25) is 0 Å². The van der Waals surface area contributed by atoms with Gasteiger partial charge in [-0.2, -0.15) is 0 Å². The zero-order valence-electron chi connectivity index (χ0n) is 16.1. The van der Waals surface area contributed by atoms with Gasteiger partial charge >= 0.3 is 0 Å². The summed E-state index contributed by atoms with van der Waals surface area (Å²) in [5.74, 6) is -0.456. The summed E-state index contributed by atoms with van der Waals surface area (Å²) in [4.78, 5) is 18.3. The number of hydrogen-bond donors (Lipinski definition) is 2. The number of halogens is 1. The number of aryl methyl sites for hydroxylation is 1. The number of aromatic nitrogens is 1. The van der Waals surface area contributed by atoms with Crippen molar-refractivity contribution in [1.82, 2.24) is 10.3 Å². The number of benzene rings is 2. The van der Waals surface area contributed by atoms with Crippen LogP contribution in [-0.4, -0.2) is 19.3 Å². The van der Waals surface area contributed by atoms with Crippen LogP contribution in [0.1, 0.15) is 39.1 Å². The van der Waals surface area contributed by atoms with E-state index < -0.39 is 15.8 Å². The summed E-state index contributed by atoms with van der Waals surface area (Å²) in [5.41, 5.74) is 0.482. The third-order valence-electron chi connectivity index (χ3n) is 4.79. The van der Waals surface area contributed by atoms with Crippen LogP contribution in [0.25, 0.3) is 0 Å². The second-order valence-electron chi connectivity index (χ2n) is 7.24. The van der Waals surface area contributed by atoms with E-state index in [0.717, 1.165) is 22.7 Å². The van der Waals surface area contributed by atoms with Crippen LogP contribution in [0.4, 0.5) is 10.1 Å². The molecule has 1 amide bonds. The van der Waals surface area contributed by atoms with Crippen LogP contribution in [0.3, 0.4) is 0 Å². The number of anilines is 1. The Balaban J connectivity index is 1.53. The van der Waals surface area contributed by atoms with Gasteiger partial charge < -0.3 is 5.32 Å². The summed E-state index contributed by atoms with van der Waals surface area (Å²) in [5, 5.41) is 3.88. The van der Waals surface area contributed by atoms with Gasteiger partial charge in [0.25, 0.3) is 15.9 Å². The highest BCUT2D eigenvalue weighted by Crippen LogP contribution is 2.42. The maximum absolute atomic E-state index is 13.0. The molecule has 1 aromatic heterocycles. The molecule has 4 rings (SSSR count). The predicted molar refractivity (Wildman–Crippen MR) is 113 cm³/mol. The molecule has 0 saturated heterocycles. The maximum atomic E-state index is 13.0. The molecule has 2 N–H and O–H groups in total. The van der Waals surface area contributed by atoms with Crippen molar-refractivity contribution in [2.75, 3.05) is 4.72 Å². The van der Waals surface area contributed by atoms with Crippen LogP contribution >= 0.6 is 11.3 Å². The van der Waals surface area contributed by atoms with Gasteiger partial charge in [0.1, 0.15) is 10.8 Å². The Hall–Kier alpha value is -2.78. The van der Waals surface area contributed by atoms with E-state index in [1.807, 2.05) is 6.92 Å². The Bertz CT molecular complexity index is 1170. The van der Waals surface area contributed by atoms with Gasteiger partial charge in [0, 0.05) is 22.3 Å². The Morgan fingerprint density at radius 3 is 2.57 bits per heavy atom. The molecule has 1 saturated carbocycles. The number of nitrogens with one attached hydrogen (secondary N) is 2. The lowest BCUT2D eigenvalue weighted by Crippen LogP contribution is -2.30. The molecule has 0 bridgehead atoms. The highest BCUT2D eigenvalue weighted by atomic mass is 32.2. The van der Waals surface area contributed by atoms with Crippen molar-refractivity contribution in [2.24, 2.45) is 5.92 Å². The minimum absolute atomic E-state index is 0.0486. The fraction of sp³-hybridized carbons (Fsp3) is 0.238. The van der Waals surface area contributed by atoms with E-state index in [-0.39, 0.29) is 28.1 Å². The van der Waals surface area contributed by atoms with Crippen molar-refractivity contribution >= 4 is 33.0 Å². The van der Waals surface area contributed by atoms with Gasteiger partial charge in [0.2, 0.25) is 0 Å². The number of carbonyl (C=O) groups is 1. The minimum atomic E-state index is -3.93. The van der Waals surface area contributed by atoms with Crippen LogP contribution in [0.15, 0.2) is 59.6 Å². The Morgan fingerprint density at radius 2 is 1.93 bits per heavy atom. The summed E-state index contributed by atoms with van der Waals surface area (Å²) >= 11 is 1.55. The second kappa shape index (κ2) is 8.16. The van der Waals surface area contributed by atoms with Crippen molar-refractivity contribution in [3.63, 3.8) is 0 Å². The standard InChI is InChI=1S/C21H20FN3O3S2/c1-13-12-23-21(29-13)19(14-5-6-14)24-20(26)15-3-2-4-18(11-15)30(27,28)25-17-9-7-16(22)8-10-17/h2-4,7-12,14,19,25H,5-6H2,1H3,(H,24,26)/t19-/m1/s1. The van der Waals surface area contributed by atoms with E-state index in [9.17, 15) is 17.6 Å². The molecule has 0 radical (unpaired) electrons. The normalized spacial score (nSPS) is 14.9. The largest absolute Gasteiger partial charge is 0.343 e. The number of nitrogens with zero attached hydrogens (tertiary/aromatic N) is 1. The molecule has 6 nitrogen and oxygen atoms in total. The highest BCUT2D eigenvalue weighted by molar-refractivity contribution is 7.92. The van der Waals surface area contributed by atoms with Gasteiger partial charge in [-0.05, 0) is 68.1 Å². The van der Waals surface area contributed by atoms with Crippen LogP contribution < -0.4 is 10.0 Å². The average Bonchev–Trinajstić information content (AvgIpc) is 3.48. The van der Waals surface area contributed by atoms with Gasteiger partial charge in [-0.1, -0.05) is 6.07 Å². The summed E-state index contributed by atoms with van der Waals surface area (Å²) in [6.07, 6.45) is 3.84. The SMILES string of the molecule is Cc1cnc([C@H](NC(=O)c2cccc(S(=O)(=O)Nc3ccc(F)cc3)c2)C2CC2)s1. The molecule has 1 fully saturated rings. The first-order valence-corrected chi connectivity index (χ1v) is 11.7. The zero-order valence-corrected chi connectivity index (χ0v) is 17.8. The molecule has 0 spiro atoms. The lowest BCUT2D eigenvalue weighted by atomic mass is 10.1. The van der Waals surface area contributed by atoms with E-state index in [4.69, 9.17) is 0 Å². The predicted octanol–water partition coefficient (Wildman–Crippen LogP) is 4.27. The summed E-state index contributed by atoms with van der Waals surface area (Å²) in [6, 6.07) is 10.7. The zero-order chi connectivity index (χ0) is 21.3. The quantitative estimate of drug-likeness (QED) is 0.568. The van der Waals surface area contributed by atoms with E-state index in [2.05, 4.69) is 15.0 Å². The first-order valence-electron chi connectivity index (χ1n) is 9.43. The molecule has 1 aliphatic carbocycles. The number of carbonyl (C=O) groups excluding carboxylic acids is 1. The minimum Gasteiger partial charge on any atom is -0.343 e. The molecule has 0 aliphatic heterocycles. The lowest BCUT2D eigenvalue weighted by molar-refractivity contribution is 0.0931. The van der Waals surface area contributed by atoms with Gasteiger partial charge in [-0.15, -0.1) is 11.3 Å². The molecule has 1 atom stereocenters. The first kappa shape index (κ1) is 20.5. The van der Waals surface area contributed by atoms with Crippen molar-refractivity contribution < 1.29 is 17.6 Å². The molecule has 1 heterocycles. The fourth-order valence-corrected chi connectivity index (χ4v) is 5.11. The third kappa shape index (κ3) is 4.68. The third-order valence-corrected chi connectivity index (χ3v) is 7.16. The number of sulfonamides is 1. The second-order valence-corrected chi connectivity index (χ2v) is 10.2. The van der Waals surface area contributed by atoms with Gasteiger partial charge in [0.05, 0.1) is 10.9 Å². The van der Waals surface area contributed by atoms with Crippen molar-refractivity contribution in [3.8, 4) is 0 Å². The maximum Gasteiger partial charge on any atom is 0.261 e. The number of hydrogen-bond acceptors (Lipinski definition) is 5. The van der Waals surface area contributed by atoms with E-state index in [1.165, 1.54) is 42.5 Å². The van der Waals surface area contributed by atoms with Crippen LogP contribution in [0, 0.1) is 18.7 Å². The molecule has 1 aliphatic rings. The first-order chi connectivity index (χ1) is 14.3. The molecular formula is C21H20FN3O3S2. The molecule has 3 aromatic rings. The lowest BCUT2D eigenvalue weighted by Gasteiger charge is -2.16. The Kier molecular flexibility index (Phi) is 5.57. The highest BCUT2D eigenvalue weighted by Gasteiger charge is 2.35. The Labute approximate surface area is 178 Å². The number of rotatable bonds is 7. The van der Waals surface area contributed by atoms with Crippen molar-refractivity contribution in [1.29, 1.82) is 0 Å². The molecule has 156 valence electrons. The summed E-state index contributed by atoms with van der Waals surface area (Å²) in [6.45, 7) is 1.97. The fourth-order valence-electron chi connectivity index (χ4n) is 3.09. The molecule has 2 aromatic carbocycles. The monoisotopic (exact) mass is 445 g/mol. The van der Waals surface area contributed by atoms with E-state index in [0.29, 0.717) is 5.92 Å². The molecular weight excluding hydrogens is 425 g/mol. The van der Waals surface area contributed by atoms with Crippen LogP contribution in [-0.2, 0) is 10.0 Å². The van der Waals surface area contributed by atoms with Gasteiger partial charge in [-0.25, -0.2) is 17.8 Å². The van der Waals surface area contributed by atoms with Gasteiger partial charge in [0.15, 0.2) is 0 Å². The van der Waals surface area contributed by atoms with Crippen molar-refractivity contribution in [2.45, 2.75) is 30.7 Å². The van der Waals surface area contributed by atoms with E-state index >= 15 is 0 Å². The Morgan fingerprint density at radius 1 is 1.20 bits per heavy atom. The molecule has 30 heavy (non-hydrogen) atoms. The topological polar surface area (TPSA) is 88.2 Å². The number of thiazole rings is 1.